The molecule has 0 bridgehead atoms. The number of hydrogen-bond acceptors (Lipinski definition) is 0. The van der Waals surface area contributed by atoms with Crippen LogP contribution in [0.1, 0.15) is 0 Å². The number of fused-ring (bicyclic) bond motifs is 22. The normalized spacial score (nSPS) is 12.9. The van der Waals surface area contributed by atoms with Crippen molar-refractivity contribution in [3.05, 3.63) is 400 Å². The summed E-state index contributed by atoms with van der Waals surface area (Å²) in [6.45, 7) is -0.139. The summed E-state index contributed by atoms with van der Waals surface area (Å²) in [4.78, 5) is 0. The van der Waals surface area contributed by atoms with E-state index in [-0.39, 0.29) is 26.9 Å². The van der Waals surface area contributed by atoms with Crippen molar-refractivity contribution in [3.8, 4) is 78.4 Å². The van der Waals surface area contributed by atoms with Crippen LogP contribution >= 0.6 is 0 Å². The van der Waals surface area contributed by atoms with Crippen molar-refractivity contribution in [3.63, 3.8) is 0 Å². The molecule has 0 saturated heterocycles. The Labute approximate surface area is 672 Å². The lowest BCUT2D eigenvalue weighted by Gasteiger charge is -2.30. The molecule has 0 N–H and O–H groups in total. The van der Waals surface area contributed by atoms with Gasteiger partial charge in [-0.2, -0.15) is 0 Å². The fourth-order valence-corrected chi connectivity index (χ4v) is 22.1. The van der Waals surface area contributed by atoms with E-state index >= 15 is 0 Å². The first kappa shape index (κ1) is 64.0. The third-order valence-electron chi connectivity index (χ3n) is 26.7. The Hall–Kier alpha value is -14.6. The largest absolute Gasteiger partial charge is 0.310 e. The van der Waals surface area contributed by atoms with Crippen LogP contribution in [0.15, 0.2) is 400 Å². The van der Waals surface area contributed by atoms with E-state index in [1.54, 1.807) is 0 Å². The Morgan fingerprint density at radius 1 is 0.147 bits per heavy atom. The van der Waals surface area contributed by atoms with Crippen LogP contribution in [0.4, 0.5) is 0 Å². The van der Waals surface area contributed by atoms with Crippen LogP contribution in [0.3, 0.4) is 0 Å². The molecule has 0 radical (unpaired) electrons. The summed E-state index contributed by atoms with van der Waals surface area (Å²) in [6, 6.07) is 152. The zero-order valence-electron chi connectivity index (χ0n) is 63.2. The summed E-state index contributed by atoms with van der Waals surface area (Å²) < 4.78 is 10.5. The SMILES string of the molecule is c1ccc(-c2cc(-c3ccc(B4c5ccccc5-n5c6c4cccc6c4ccc6c7cccc8c7n(c6c45)-c4ccccc4B8c4ccccc4-c4ccccc4)c(-c4ccccc4)c3)ccc2B2c3ccccc3-n3c4ccc5c6cccc7c6n(c5c4c4cccc2c43)-c2ccccc2B7c2ccccc2-c2ccccc2)cc1. The summed E-state index contributed by atoms with van der Waals surface area (Å²) in [7, 11) is 0. The first-order chi connectivity index (χ1) is 57.7. The lowest BCUT2D eigenvalue weighted by Crippen LogP contribution is -2.56. The minimum atomic E-state index is -0.0916. The first-order valence-corrected chi connectivity index (χ1v) is 40.8. The highest BCUT2D eigenvalue weighted by atomic mass is 15.1. The van der Waals surface area contributed by atoms with Gasteiger partial charge < -0.3 is 18.3 Å². The second-order valence-electron chi connectivity index (χ2n) is 32.2. The number of nitrogens with zero attached hydrogens (tertiary/aromatic N) is 4. The van der Waals surface area contributed by atoms with Crippen LogP contribution in [0, 0.1) is 0 Å². The van der Waals surface area contributed by atoms with Gasteiger partial charge in [-0.25, -0.2) is 0 Å². The van der Waals surface area contributed by atoms with Gasteiger partial charge in [0.25, 0.3) is 0 Å². The highest BCUT2D eigenvalue weighted by molar-refractivity contribution is 7.01. The van der Waals surface area contributed by atoms with Crippen LogP contribution in [0.25, 0.3) is 166 Å². The molecule has 0 atom stereocenters. The Balaban J connectivity index is 0.642. The van der Waals surface area contributed by atoms with Gasteiger partial charge in [0.15, 0.2) is 0 Å². The zero-order valence-corrected chi connectivity index (χ0v) is 63.2. The summed E-state index contributed by atoms with van der Waals surface area (Å²) in [5.41, 5.74) is 42.7. The molecule has 4 aliphatic heterocycles. The Morgan fingerprint density at radius 2 is 0.414 bits per heavy atom. The number of rotatable bonds is 9. The summed E-state index contributed by atoms with van der Waals surface area (Å²) in [5.74, 6) is 0. The van der Waals surface area contributed by atoms with Crippen molar-refractivity contribution in [2.45, 2.75) is 0 Å². The highest BCUT2D eigenvalue weighted by Crippen LogP contribution is 2.46. The lowest BCUT2D eigenvalue weighted by molar-refractivity contribution is 1.16. The molecule has 530 valence electrons. The zero-order chi connectivity index (χ0) is 75.5. The monoisotopic (exact) mass is 1460 g/mol. The van der Waals surface area contributed by atoms with Crippen LogP contribution in [0.2, 0.25) is 0 Å². The second-order valence-corrected chi connectivity index (χ2v) is 32.2. The molecule has 0 aliphatic carbocycles. The molecule has 116 heavy (non-hydrogen) atoms. The van der Waals surface area contributed by atoms with Gasteiger partial charge in [-0.1, -0.05) is 380 Å². The first-order valence-electron chi connectivity index (χ1n) is 40.8. The van der Waals surface area contributed by atoms with Gasteiger partial charge in [0, 0.05) is 87.9 Å². The molecule has 4 aromatic heterocycles. The maximum atomic E-state index is 2.65. The Kier molecular flexibility index (Phi) is 13.5. The maximum absolute atomic E-state index is 2.65. The topological polar surface area (TPSA) is 19.7 Å². The maximum Gasteiger partial charge on any atom is 0.247 e. The molecule has 0 fully saturated rings. The van der Waals surface area contributed by atoms with Gasteiger partial charge in [0.1, 0.15) is 0 Å². The van der Waals surface area contributed by atoms with Crippen LogP contribution in [-0.4, -0.2) is 45.1 Å². The van der Waals surface area contributed by atoms with Crippen molar-refractivity contribution < 1.29 is 0 Å². The molecule has 22 aromatic rings. The van der Waals surface area contributed by atoms with Crippen molar-refractivity contribution in [2.75, 3.05) is 0 Å². The van der Waals surface area contributed by atoms with E-state index in [0.29, 0.717) is 0 Å². The predicted molar refractivity (Wildman–Crippen MR) is 495 cm³/mol. The third-order valence-corrected chi connectivity index (χ3v) is 26.7. The molecule has 26 rings (SSSR count). The number of aromatic nitrogens is 4. The van der Waals surface area contributed by atoms with Gasteiger partial charge in [-0.05, 0) is 142 Å². The van der Waals surface area contributed by atoms with Crippen molar-refractivity contribution in [1.29, 1.82) is 0 Å². The van der Waals surface area contributed by atoms with Gasteiger partial charge in [0.05, 0.1) is 22.1 Å². The van der Waals surface area contributed by atoms with Crippen molar-refractivity contribution in [1.82, 2.24) is 18.3 Å². The molecule has 0 amide bonds. The quantitative estimate of drug-likeness (QED) is 0.128. The summed E-state index contributed by atoms with van der Waals surface area (Å²) in [5, 5.41) is 10.1. The van der Waals surface area contributed by atoms with Gasteiger partial charge in [-0.3, -0.25) is 0 Å². The number of para-hydroxylation sites is 8. The van der Waals surface area contributed by atoms with E-state index < -0.39 is 0 Å². The number of hydrogen-bond donors (Lipinski definition) is 0. The molecule has 0 unspecified atom stereocenters. The third kappa shape index (κ3) is 8.77. The standard InChI is InChI=1S/C108H66B4N4/c1-5-29-67(30-6-1)73-37-13-15-43-84(73)109-89-46-18-22-54-97(89)114-102-75(39-25-49-92(102)109)78-61-64-100-101(106(78)114)81-42-28-52-95-105(81)113(100)96-53-21-17-45-88(96)111(95)86-62-57-71(65-82(86)69-33-9-3-10-34-69)72-58-63-87(83(66-72)70-35-11-4-12-36-70)112-91-48-20-24-56-99(91)116-104-77(41-27-51-94(104)112)80-60-59-79-76-40-26-50-93-103(76)115(107(79)108(80)116)98-55-23-19-47-90(98)110(93)85-44-16-14-38-74(85)68-31-7-2-8-32-68/h1-66H. The van der Waals surface area contributed by atoms with E-state index in [1.165, 1.54) is 231 Å². The van der Waals surface area contributed by atoms with E-state index in [0.717, 1.165) is 0 Å². The molecular weight excluding hydrogens is 1400 g/mol. The lowest BCUT2D eigenvalue weighted by atomic mass is 9.34. The van der Waals surface area contributed by atoms with Gasteiger partial charge in [0.2, 0.25) is 26.9 Å². The smallest absolute Gasteiger partial charge is 0.247 e. The second kappa shape index (κ2) is 24.5. The predicted octanol–water partition coefficient (Wildman–Crippen LogP) is 17.7. The van der Waals surface area contributed by atoms with Gasteiger partial charge in [-0.15, -0.1) is 0 Å². The summed E-state index contributed by atoms with van der Waals surface area (Å²) in [6.07, 6.45) is 0. The van der Waals surface area contributed by atoms with Gasteiger partial charge >= 0.3 is 0 Å². The van der Waals surface area contributed by atoms with E-state index in [9.17, 15) is 0 Å². The Bertz CT molecular complexity index is 7890. The molecule has 4 aliphatic rings. The number of benzene rings is 18. The van der Waals surface area contributed by atoms with Crippen LogP contribution in [-0.2, 0) is 0 Å². The minimum Gasteiger partial charge on any atom is -0.310 e. The highest BCUT2D eigenvalue weighted by Gasteiger charge is 2.42. The Morgan fingerprint density at radius 3 is 0.802 bits per heavy atom. The fraction of sp³-hybridized carbons (Fsp3) is 0. The fourth-order valence-electron chi connectivity index (χ4n) is 22.1. The molecule has 18 aromatic carbocycles. The van der Waals surface area contributed by atoms with Crippen molar-refractivity contribution in [2.24, 2.45) is 0 Å². The van der Waals surface area contributed by atoms with Crippen LogP contribution in [0.5, 0.6) is 0 Å². The molecule has 8 heterocycles. The van der Waals surface area contributed by atoms with E-state index in [1.807, 2.05) is 0 Å². The average Bonchev–Trinajstić information content (AvgIpc) is 1.51. The minimum absolute atomic E-state index is 0.0201. The average molecular weight is 1460 g/mol. The van der Waals surface area contributed by atoms with Crippen LogP contribution < -0.4 is 65.6 Å². The molecule has 8 heteroatoms. The van der Waals surface area contributed by atoms with Crippen molar-refractivity contribution >= 4 is 180 Å². The molecular formula is C108H66B4N4. The van der Waals surface area contributed by atoms with E-state index in [4.69, 9.17) is 0 Å². The van der Waals surface area contributed by atoms with E-state index in [2.05, 4.69) is 419 Å². The molecule has 0 spiro atoms. The molecule has 0 saturated carbocycles. The molecule has 4 nitrogen and oxygen atoms in total. The summed E-state index contributed by atoms with van der Waals surface area (Å²) >= 11 is 0.